The van der Waals surface area contributed by atoms with Crippen molar-refractivity contribution < 1.29 is 27.2 Å². The van der Waals surface area contributed by atoms with Crippen LogP contribution in [0.5, 0.6) is 0 Å². The number of hydrogen-bond donors (Lipinski definition) is 1. The van der Waals surface area contributed by atoms with Crippen LogP contribution < -0.4 is 5.32 Å². The molecule has 2 unspecified atom stereocenters. The number of alkyl halides is 3. The monoisotopic (exact) mass is 361 g/mol. The maximum Gasteiger partial charge on any atom is 0.406 e. The summed E-state index contributed by atoms with van der Waals surface area (Å²) in [7, 11) is 1.51. The summed E-state index contributed by atoms with van der Waals surface area (Å²) in [5, 5.41) is 2.53. The zero-order chi connectivity index (χ0) is 18.8. The van der Waals surface area contributed by atoms with Crippen LogP contribution in [0.2, 0.25) is 0 Å². The zero-order valence-corrected chi connectivity index (χ0v) is 13.8. The normalized spacial score (nSPS) is 19.4. The predicted molar refractivity (Wildman–Crippen MR) is 83.3 cm³/mol. The molecule has 0 spiro atoms. The highest BCUT2D eigenvalue weighted by Crippen LogP contribution is 2.24. The van der Waals surface area contributed by atoms with E-state index in [1.807, 2.05) is 0 Å². The summed E-state index contributed by atoms with van der Waals surface area (Å²) in [5.41, 5.74) is 0.265. The number of carbonyl (C=O) groups is 2. The van der Waals surface area contributed by atoms with Crippen LogP contribution in [-0.2, 0) is 9.59 Å². The van der Waals surface area contributed by atoms with Gasteiger partial charge in [0.1, 0.15) is 12.4 Å². The van der Waals surface area contributed by atoms with E-state index in [1.165, 1.54) is 37.1 Å². The third-order valence-electron chi connectivity index (χ3n) is 4.21. The second-order valence-corrected chi connectivity index (χ2v) is 6.02. The lowest BCUT2D eigenvalue weighted by Gasteiger charge is -2.29. The molecule has 2 rings (SSSR count). The summed E-state index contributed by atoms with van der Waals surface area (Å²) in [5.74, 6) is -1.63. The van der Waals surface area contributed by atoms with Gasteiger partial charge in [-0.05, 0) is 38.6 Å². The number of carbonyl (C=O) groups excluding carboxylic acids is 2. The van der Waals surface area contributed by atoms with Gasteiger partial charge in [-0.1, -0.05) is 6.07 Å². The summed E-state index contributed by atoms with van der Waals surface area (Å²) >= 11 is 0. The van der Waals surface area contributed by atoms with Crippen molar-refractivity contribution in [1.82, 2.24) is 9.80 Å². The third kappa shape index (κ3) is 4.91. The molecule has 0 radical (unpaired) electrons. The Kier molecular flexibility index (Phi) is 5.66. The molecule has 5 nitrogen and oxygen atoms in total. The fourth-order valence-corrected chi connectivity index (χ4v) is 2.74. The van der Waals surface area contributed by atoms with Gasteiger partial charge < -0.3 is 10.2 Å². The first-order valence-corrected chi connectivity index (χ1v) is 7.72. The Balaban J connectivity index is 1.98. The highest BCUT2D eigenvalue weighted by molar-refractivity contribution is 5.95. The standard InChI is InChI=1S/C16H19F4N3O2/c1-10(14(24)21-12-5-3-4-11(17)8-12)22(2)13-6-7-23(15(13)25)9-16(18,19)20/h3-5,8,10,13H,6-7,9H2,1-2H3,(H,21,24). The molecule has 9 heteroatoms. The average molecular weight is 361 g/mol. The molecular formula is C16H19F4N3O2. The zero-order valence-electron chi connectivity index (χ0n) is 13.8. The second kappa shape index (κ2) is 7.38. The molecule has 1 aromatic rings. The lowest BCUT2D eigenvalue weighted by molar-refractivity contribution is -0.159. The minimum absolute atomic E-state index is 0.00835. The molecule has 1 saturated heterocycles. The van der Waals surface area contributed by atoms with Crippen molar-refractivity contribution in [2.24, 2.45) is 0 Å². The maximum absolute atomic E-state index is 13.1. The molecular weight excluding hydrogens is 342 g/mol. The van der Waals surface area contributed by atoms with Gasteiger partial charge in [-0.25, -0.2) is 4.39 Å². The van der Waals surface area contributed by atoms with Gasteiger partial charge in [0.15, 0.2) is 0 Å². The number of likely N-dealkylation sites (tertiary alicyclic amines) is 1. The highest BCUT2D eigenvalue weighted by Gasteiger charge is 2.42. The van der Waals surface area contributed by atoms with Crippen molar-refractivity contribution in [3.8, 4) is 0 Å². The molecule has 25 heavy (non-hydrogen) atoms. The lowest BCUT2D eigenvalue weighted by Crippen LogP contribution is -2.49. The molecule has 0 aromatic heterocycles. The average Bonchev–Trinajstić information content (AvgIpc) is 2.85. The molecule has 138 valence electrons. The van der Waals surface area contributed by atoms with E-state index in [0.717, 1.165) is 11.0 Å². The van der Waals surface area contributed by atoms with E-state index in [1.54, 1.807) is 0 Å². The largest absolute Gasteiger partial charge is 0.406 e. The van der Waals surface area contributed by atoms with Gasteiger partial charge in [-0.15, -0.1) is 0 Å². The topological polar surface area (TPSA) is 52.7 Å². The third-order valence-corrected chi connectivity index (χ3v) is 4.21. The van der Waals surface area contributed by atoms with Crippen LogP contribution in [0.15, 0.2) is 24.3 Å². The molecule has 0 saturated carbocycles. The van der Waals surface area contributed by atoms with Gasteiger partial charge >= 0.3 is 6.18 Å². The number of halogens is 4. The molecule has 1 aromatic carbocycles. The first-order chi connectivity index (χ1) is 11.6. The highest BCUT2D eigenvalue weighted by atomic mass is 19.4. The maximum atomic E-state index is 13.1. The van der Waals surface area contributed by atoms with Crippen molar-refractivity contribution in [3.05, 3.63) is 30.1 Å². The van der Waals surface area contributed by atoms with Crippen LogP contribution >= 0.6 is 0 Å². The lowest BCUT2D eigenvalue weighted by atomic mass is 10.1. The van der Waals surface area contributed by atoms with Gasteiger partial charge in [0.25, 0.3) is 0 Å². The Morgan fingerprint density at radius 3 is 2.72 bits per heavy atom. The Morgan fingerprint density at radius 1 is 1.44 bits per heavy atom. The van der Waals surface area contributed by atoms with Gasteiger partial charge in [0.2, 0.25) is 11.8 Å². The van der Waals surface area contributed by atoms with Crippen LogP contribution in [0.25, 0.3) is 0 Å². The predicted octanol–water partition coefficient (Wildman–Crippen LogP) is 2.25. The van der Waals surface area contributed by atoms with Crippen LogP contribution in [-0.4, -0.2) is 60.0 Å². The van der Waals surface area contributed by atoms with E-state index in [0.29, 0.717) is 0 Å². The minimum Gasteiger partial charge on any atom is -0.332 e. The summed E-state index contributed by atoms with van der Waals surface area (Å²) < 4.78 is 50.6. The number of likely N-dealkylation sites (N-methyl/N-ethyl adjacent to an activating group) is 1. The van der Waals surface area contributed by atoms with Gasteiger partial charge in [0, 0.05) is 12.2 Å². The molecule has 1 N–H and O–H groups in total. The van der Waals surface area contributed by atoms with Crippen molar-refractivity contribution in [3.63, 3.8) is 0 Å². The molecule has 1 heterocycles. The molecule has 1 aliphatic rings. The first-order valence-electron chi connectivity index (χ1n) is 7.72. The number of benzene rings is 1. The van der Waals surface area contributed by atoms with Crippen LogP contribution in [0.4, 0.5) is 23.2 Å². The van der Waals surface area contributed by atoms with Crippen molar-refractivity contribution >= 4 is 17.5 Å². The van der Waals surface area contributed by atoms with Crippen molar-refractivity contribution in [1.29, 1.82) is 0 Å². The summed E-state index contributed by atoms with van der Waals surface area (Å²) in [6, 6.07) is 3.77. The van der Waals surface area contributed by atoms with Gasteiger partial charge in [-0.3, -0.25) is 14.5 Å². The molecule has 1 fully saturated rings. The van der Waals surface area contributed by atoms with Crippen LogP contribution in [0.3, 0.4) is 0 Å². The number of hydrogen-bond acceptors (Lipinski definition) is 3. The van der Waals surface area contributed by atoms with Gasteiger partial charge in [0.05, 0.1) is 12.1 Å². The Morgan fingerprint density at radius 2 is 2.12 bits per heavy atom. The van der Waals surface area contributed by atoms with E-state index in [9.17, 15) is 27.2 Å². The van der Waals surface area contributed by atoms with E-state index in [4.69, 9.17) is 0 Å². The summed E-state index contributed by atoms with van der Waals surface area (Å²) in [6.45, 7) is 0.236. The first kappa shape index (κ1) is 19.2. The SMILES string of the molecule is CC(C(=O)Nc1cccc(F)c1)N(C)C1CCN(CC(F)(F)F)C1=O. The van der Waals surface area contributed by atoms with Crippen LogP contribution in [0.1, 0.15) is 13.3 Å². The molecule has 1 aliphatic heterocycles. The van der Waals surface area contributed by atoms with Gasteiger partial charge in [-0.2, -0.15) is 13.2 Å². The number of amides is 2. The van der Waals surface area contributed by atoms with Crippen molar-refractivity contribution in [2.45, 2.75) is 31.6 Å². The fourth-order valence-electron chi connectivity index (χ4n) is 2.74. The molecule has 0 bridgehead atoms. The van der Waals surface area contributed by atoms with Crippen molar-refractivity contribution in [2.75, 3.05) is 25.5 Å². The number of anilines is 1. The fraction of sp³-hybridized carbons (Fsp3) is 0.500. The number of rotatable bonds is 5. The van der Waals surface area contributed by atoms with E-state index < -0.39 is 42.4 Å². The van der Waals surface area contributed by atoms with Crippen LogP contribution in [0, 0.1) is 5.82 Å². The molecule has 2 amide bonds. The summed E-state index contributed by atoms with van der Waals surface area (Å²) in [4.78, 5) is 26.6. The quantitative estimate of drug-likeness (QED) is 0.819. The smallest absolute Gasteiger partial charge is 0.332 e. The second-order valence-electron chi connectivity index (χ2n) is 6.02. The van der Waals surface area contributed by atoms with E-state index in [2.05, 4.69) is 5.32 Å². The molecule has 0 aliphatic carbocycles. The minimum atomic E-state index is -4.45. The Labute approximate surface area is 142 Å². The Bertz CT molecular complexity index is 651. The van der Waals surface area contributed by atoms with E-state index in [-0.39, 0.29) is 18.7 Å². The molecule has 2 atom stereocenters. The summed E-state index contributed by atoms with van der Waals surface area (Å²) in [6.07, 6.45) is -4.24. The number of nitrogens with one attached hydrogen (secondary N) is 1. The number of nitrogens with zero attached hydrogens (tertiary/aromatic N) is 2. The Hall–Kier alpha value is -2.16. The van der Waals surface area contributed by atoms with E-state index >= 15 is 0 Å².